The van der Waals surface area contributed by atoms with E-state index in [9.17, 15) is 4.79 Å². The van der Waals surface area contributed by atoms with Crippen molar-refractivity contribution < 1.29 is 14.2 Å². The molecule has 0 saturated carbocycles. The summed E-state index contributed by atoms with van der Waals surface area (Å²) in [4.78, 5) is 12.6. The molecular weight excluding hydrogens is 296 g/mol. The van der Waals surface area contributed by atoms with Crippen molar-refractivity contribution >= 4 is 17.4 Å². The molecule has 0 spiro atoms. The zero-order valence-corrected chi connectivity index (χ0v) is 12.6. The van der Waals surface area contributed by atoms with E-state index in [1.807, 2.05) is 24.3 Å². The zero-order valence-electron chi connectivity index (χ0n) is 12.6. The largest absolute Gasteiger partial charge is 0.496 e. The van der Waals surface area contributed by atoms with Crippen LogP contribution in [0.5, 0.6) is 5.75 Å². The lowest BCUT2D eigenvalue weighted by Gasteiger charge is -2.26. The Balaban J connectivity index is 1.89. The van der Waals surface area contributed by atoms with Gasteiger partial charge in [-0.3, -0.25) is 4.79 Å². The standard InChI is InChI=1S/C16H16N4O3/c1-22-12-8-3-2-5-9(12)14-13-10(6-4-7-11(13)21)17-15-16(18-14)20-23-19-15/h2-3,5,8,14H,4,6-7H2,1H3,(H,17,19)(H,18,20)/t14-/m1/s1. The van der Waals surface area contributed by atoms with Gasteiger partial charge in [0.1, 0.15) is 5.75 Å². The number of para-hydroxylation sites is 1. The predicted molar refractivity (Wildman–Crippen MR) is 83.2 cm³/mol. The van der Waals surface area contributed by atoms with Crippen molar-refractivity contribution in [2.24, 2.45) is 0 Å². The molecule has 2 aromatic rings. The number of anilines is 2. The van der Waals surface area contributed by atoms with Crippen LogP contribution in [-0.2, 0) is 4.79 Å². The lowest BCUT2D eigenvalue weighted by atomic mass is 9.86. The van der Waals surface area contributed by atoms with Gasteiger partial charge in [0.15, 0.2) is 5.78 Å². The van der Waals surface area contributed by atoms with Gasteiger partial charge in [-0.05, 0) is 29.2 Å². The van der Waals surface area contributed by atoms with Crippen LogP contribution in [0.4, 0.5) is 11.6 Å². The molecule has 0 amide bonds. The number of rotatable bonds is 2. The average Bonchev–Trinajstić information content (AvgIpc) is 2.94. The van der Waals surface area contributed by atoms with Crippen LogP contribution in [-0.4, -0.2) is 23.2 Å². The number of nitrogens with zero attached hydrogens (tertiary/aromatic N) is 2. The Morgan fingerprint density at radius 2 is 2.04 bits per heavy atom. The number of benzene rings is 1. The Morgan fingerprint density at radius 3 is 2.91 bits per heavy atom. The number of fused-ring (bicyclic) bond motifs is 1. The fraction of sp³-hybridized carbons (Fsp3) is 0.312. The molecule has 1 atom stereocenters. The molecule has 0 radical (unpaired) electrons. The maximum atomic E-state index is 12.6. The summed E-state index contributed by atoms with van der Waals surface area (Å²) in [6.07, 6.45) is 2.16. The Morgan fingerprint density at radius 1 is 1.22 bits per heavy atom. The molecule has 2 heterocycles. The minimum Gasteiger partial charge on any atom is -0.496 e. The van der Waals surface area contributed by atoms with Gasteiger partial charge in [-0.2, -0.15) is 0 Å². The predicted octanol–water partition coefficient (Wildman–Crippen LogP) is 2.66. The summed E-state index contributed by atoms with van der Waals surface area (Å²) in [6, 6.07) is 7.30. The number of ketones is 1. The molecule has 1 aliphatic carbocycles. The minimum atomic E-state index is -0.352. The number of allylic oxidation sites excluding steroid dienone is 1. The number of hydrogen-bond donors (Lipinski definition) is 2. The first kappa shape index (κ1) is 13.8. The van der Waals surface area contributed by atoms with Crippen LogP contribution in [0.25, 0.3) is 0 Å². The molecule has 1 aliphatic heterocycles. The van der Waals surface area contributed by atoms with Crippen molar-refractivity contribution in [3.63, 3.8) is 0 Å². The van der Waals surface area contributed by atoms with Gasteiger partial charge in [-0.1, -0.05) is 18.2 Å². The van der Waals surface area contributed by atoms with E-state index < -0.39 is 0 Å². The van der Waals surface area contributed by atoms with E-state index in [2.05, 4.69) is 20.9 Å². The molecule has 23 heavy (non-hydrogen) atoms. The van der Waals surface area contributed by atoms with Crippen molar-refractivity contribution in [3.05, 3.63) is 41.1 Å². The second-order valence-corrected chi connectivity index (χ2v) is 5.57. The van der Waals surface area contributed by atoms with Crippen molar-refractivity contribution in [1.29, 1.82) is 0 Å². The van der Waals surface area contributed by atoms with Gasteiger partial charge < -0.3 is 15.4 Å². The fourth-order valence-electron chi connectivity index (χ4n) is 3.18. The molecule has 1 aromatic carbocycles. The molecule has 2 aliphatic rings. The van der Waals surface area contributed by atoms with Crippen LogP contribution < -0.4 is 15.4 Å². The second-order valence-electron chi connectivity index (χ2n) is 5.57. The van der Waals surface area contributed by atoms with Gasteiger partial charge in [-0.25, -0.2) is 4.63 Å². The number of ether oxygens (including phenoxy) is 1. The van der Waals surface area contributed by atoms with E-state index in [-0.39, 0.29) is 11.8 Å². The fourth-order valence-corrected chi connectivity index (χ4v) is 3.18. The number of nitrogens with one attached hydrogen (secondary N) is 2. The van der Waals surface area contributed by atoms with Gasteiger partial charge in [0.25, 0.3) is 0 Å². The SMILES string of the molecule is COc1ccccc1[C@H]1Nc2nonc2NC2=C1C(=O)CCC2. The Labute approximate surface area is 132 Å². The average molecular weight is 312 g/mol. The highest BCUT2D eigenvalue weighted by Gasteiger charge is 2.34. The van der Waals surface area contributed by atoms with E-state index >= 15 is 0 Å². The van der Waals surface area contributed by atoms with Crippen molar-refractivity contribution in [1.82, 2.24) is 10.3 Å². The first-order chi connectivity index (χ1) is 11.3. The quantitative estimate of drug-likeness (QED) is 0.881. The van der Waals surface area contributed by atoms with E-state index in [1.165, 1.54) is 0 Å². The van der Waals surface area contributed by atoms with Gasteiger partial charge in [0.2, 0.25) is 11.6 Å². The molecule has 7 heteroatoms. The van der Waals surface area contributed by atoms with Crippen LogP contribution >= 0.6 is 0 Å². The molecular formula is C16H16N4O3. The van der Waals surface area contributed by atoms with Crippen molar-refractivity contribution in [2.75, 3.05) is 17.7 Å². The molecule has 118 valence electrons. The first-order valence-electron chi connectivity index (χ1n) is 7.53. The van der Waals surface area contributed by atoms with Crippen LogP contribution in [0, 0.1) is 0 Å². The number of carbonyl (C=O) groups is 1. The van der Waals surface area contributed by atoms with E-state index in [4.69, 9.17) is 9.37 Å². The Bertz CT molecular complexity index is 796. The van der Waals surface area contributed by atoms with Crippen LogP contribution in [0.15, 0.2) is 40.2 Å². The first-order valence-corrected chi connectivity index (χ1v) is 7.53. The highest BCUT2D eigenvalue weighted by Crippen LogP contribution is 2.41. The summed E-state index contributed by atoms with van der Waals surface area (Å²) in [5.41, 5.74) is 2.48. The van der Waals surface area contributed by atoms with Gasteiger partial charge in [0, 0.05) is 23.3 Å². The maximum absolute atomic E-state index is 12.6. The summed E-state index contributed by atoms with van der Waals surface area (Å²) in [5, 5.41) is 14.2. The topological polar surface area (TPSA) is 89.3 Å². The summed E-state index contributed by atoms with van der Waals surface area (Å²) in [6.45, 7) is 0. The summed E-state index contributed by atoms with van der Waals surface area (Å²) in [5.74, 6) is 1.84. The smallest absolute Gasteiger partial charge is 0.219 e. The third kappa shape index (κ3) is 2.25. The Kier molecular flexibility index (Phi) is 3.25. The highest BCUT2D eigenvalue weighted by molar-refractivity contribution is 6.00. The van der Waals surface area contributed by atoms with Gasteiger partial charge in [0.05, 0.1) is 13.2 Å². The third-order valence-corrected chi connectivity index (χ3v) is 4.23. The molecule has 0 unspecified atom stereocenters. The summed E-state index contributed by atoms with van der Waals surface area (Å²) >= 11 is 0. The van der Waals surface area contributed by atoms with Gasteiger partial charge in [-0.15, -0.1) is 0 Å². The molecule has 1 aromatic heterocycles. The molecule has 0 bridgehead atoms. The monoisotopic (exact) mass is 312 g/mol. The second kappa shape index (κ2) is 5.42. The van der Waals surface area contributed by atoms with Crippen LogP contribution in [0.3, 0.4) is 0 Å². The molecule has 0 fully saturated rings. The lowest BCUT2D eigenvalue weighted by Crippen LogP contribution is -2.24. The lowest BCUT2D eigenvalue weighted by molar-refractivity contribution is -0.116. The van der Waals surface area contributed by atoms with E-state index in [0.717, 1.165) is 35.4 Å². The molecule has 7 nitrogen and oxygen atoms in total. The highest BCUT2D eigenvalue weighted by atomic mass is 16.6. The normalized spacial score (nSPS) is 20.0. The van der Waals surface area contributed by atoms with Crippen LogP contribution in [0.2, 0.25) is 0 Å². The maximum Gasteiger partial charge on any atom is 0.219 e. The summed E-state index contributed by atoms with van der Waals surface area (Å²) in [7, 11) is 1.62. The molecule has 2 N–H and O–H groups in total. The van der Waals surface area contributed by atoms with Crippen LogP contribution in [0.1, 0.15) is 30.9 Å². The van der Waals surface area contributed by atoms with E-state index in [1.54, 1.807) is 7.11 Å². The Hall–Kier alpha value is -2.83. The number of hydrogen-bond acceptors (Lipinski definition) is 7. The number of Topliss-reactive ketones (excluding diaryl/α,β-unsaturated/α-hetero) is 1. The molecule has 0 saturated heterocycles. The van der Waals surface area contributed by atoms with Crippen molar-refractivity contribution in [2.45, 2.75) is 25.3 Å². The minimum absolute atomic E-state index is 0.129. The van der Waals surface area contributed by atoms with Crippen molar-refractivity contribution in [3.8, 4) is 5.75 Å². The third-order valence-electron chi connectivity index (χ3n) is 4.23. The number of aromatic nitrogens is 2. The molecule has 4 rings (SSSR count). The summed E-state index contributed by atoms with van der Waals surface area (Å²) < 4.78 is 10.3. The van der Waals surface area contributed by atoms with Gasteiger partial charge >= 0.3 is 0 Å². The zero-order chi connectivity index (χ0) is 15.8. The number of methoxy groups -OCH3 is 1. The number of carbonyl (C=O) groups excluding carboxylic acids is 1. The van der Waals surface area contributed by atoms with E-state index in [0.29, 0.717) is 18.1 Å².